The summed E-state index contributed by atoms with van der Waals surface area (Å²) in [5.74, 6) is 1.84. The molecular weight excluding hydrogens is 414 g/mol. The highest BCUT2D eigenvalue weighted by Crippen LogP contribution is 2.30. The Bertz CT molecular complexity index is 1120. The van der Waals surface area contributed by atoms with Gasteiger partial charge in [0.2, 0.25) is 0 Å². The number of rotatable bonds is 7. The minimum atomic E-state index is -0.526. The van der Waals surface area contributed by atoms with Crippen LogP contribution in [0.5, 0.6) is 5.75 Å². The molecule has 2 aromatic carbocycles. The molecule has 0 spiro atoms. The zero-order valence-electron chi connectivity index (χ0n) is 19.1. The first kappa shape index (κ1) is 21.6. The van der Waals surface area contributed by atoms with E-state index in [1.807, 2.05) is 18.2 Å². The summed E-state index contributed by atoms with van der Waals surface area (Å²) in [4.78, 5) is 16.4. The van der Waals surface area contributed by atoms with Gasteiger partial charge in [0.15, 0.2) is 0 Å². The molecule has 3 aromatic rings. The Hall–Kier alpha value is -3.19. The first-order valence-corrected chi connectivity index (χ1v) is 12.1. The number of piperazine rings is 1. The van der Waals surface area contributed by atoms with Gasteiger partial charge < -0.3 is 19.9 Å². The molecule has 7 nitrogen and oxygen atoms in total. The van der Waals surface area contributed by atoms with Crippen LogP contribution in [-0.4, -0.2) is 54.8 Å². The summed E-state index contributed by atoms with van der Waals surface area (Å²) in [6, 6.07) is 16.4. The highest BCUT2D eigenvalue weighted by Gasteiger charge is 2.19. The molecule has 0 radical (unpaired) electrons. The monoisotopic (exact) mass is 447 g/mol. The normalized spacial score (nSPS) is 16.4. The van der Waals surface area contributed by atoms with Gasteiger partial charge in [-0.3, -0.25) is 10.2 Å². The third-order valence-corrected chi connectivity index (χ3v) is 6.80. The zero-order chi connectivity index (χ0) is 22.6. The molecule has 0 aliphatic carbocycles. The van der Waals surface area contributed by atoms with E-state index in [0.29, 0.717) is 0 Å². The molecule has 174 valence electrons. The van der Waals surface area contributed by atoms with Gasteiger partial charge in [0.05, 0.1) is 6.61 Å². The second-order valence-corrected chi connectivity index (χ2v) is 9.01. The largest absolute Gasteiger partial charge is 0.493 e. The second-order valence-electron chi connectivity index (χ2n) is 9.01. The average molecular weight is 448 g/mol. The van der Waals surface area contributed by atoms with Crippen molar-refractivity contribution in [1.82, 2.24) is 9.47 Å². The Kier molecular flexibility index (Phi) is 6.39. The lowest BCUT2D eigenvalue weighted by Gasteiger charge is -2.36. The van der Waals surface area contributed by atoms with Gasteiger partial charge in [-0.05, 0) is 56.0 Å². The summed E-state index contributed by atoms with van der Waals surface area (Å²) in [5, 5.41) is 3.89. The summed E-state index contributed by atoms with van der Waals surface area (Å²) in [6.07, 6.45) is 4.42. The molecule has 1 fully saturated rings. The molecule has 3 heterocycles. The first-order valence-electron chi connectivity index (χ1n) is 12.1. The Balaban J connectivity index is 1.11. The number of aromatic nitrogens is 1. The number of urea groups is 1. The number of anilines is 2. The molecule has 2 aliphatic rings. The maximum Gasteiger partial charge on any atom is 0.317 e. The predicted octanol–water partition coefficient (Wildman–Crippen LogP) is 4.06. The van der Waals surface area contributed by atoms with Crippen LogP contribution < -0.4 is 20.7 Å². The molecule has 3 N–H and O–H groups in total. The van der Waals surface area contributed by atoms with E-state index in [1.54, 1.807) is 0 Å². The van der Waals surface area contributed by atoms with Crippen molar-refractivity contribution in [2.24, 2.45) is 5.73 Å². The van der Waals surface area contributed by atoms with Crippen LogP contribution in [0.1, 0.15) is 24.8 Å². The van der Waals surface area contributed by atoms with Crippen LogP contribution in [0.2, 0.25) is 0 Å². The van der Waals surface area contributed by atoms with E-state index in [9.17, 15) is 4.79 Å². The fraction of sp³-hybridized carbons (Fsp3) is 0.423. The van der Waals surface area contributed by atoms with Gasteiger partial charge in [-0.2, -0.15) is 0 Å². The maximum atomic E-state index is 11.4. The van der Waals surface area contributed by atoms with Crippen molar-refractivity contribution >= 4 is 28.4 Å². The molecule has 0 bridgehead atoms. The van der Waals surface area contributed by atoms with E-state index in [2.05, 4.69) is 50.0 Å². The topological polar surface area (TPSA) is 75.8 Å². The molecule has 1 aromatic heterocycles. The minimum absolute atomic E-state index is 0.526. The van der Waals surface area contributed by atoms with Crippen molar-refractivity contribution in [3.63, 3.8) is 0 Å². The van der Waals surface area contributed by atoms with Gasteiger partial charge in [0.1, 0.15) is 11.6 Å². The van der Waals surface area contributed by atoms with Gasteiger partial charge in [-0.25, -0.2) is 4.79 Å². The number of nitrogens with one attached hydrogen (secondary N) is 1. The standard InChI is InChI=1S/C26H33N5O2/c27-26(32)28-25-18-21-6-1-2-8-23(21)31(25)12-4-3-11-29-13-15-30(16-14-29)22-10-9-20-7-5-17-33-24(20)19-22/h1-2,6,8-10,18-19H,3-5,7,11-17H2,(H3,27,28,32). The van der Waals surface area contributed by atoms with Crippen LogP contribution in [0.15, 0.2) is 48.5 Å². The smallest absolute Gasteiger partial charge is 0.317 e. The summed E-state index contributed by atoms with van der Waals surface area (Å²) in [7, 11) is 0. The van der Waals surface area contributed by atoms with Gasteiger partial charge in [0, 0.05) is 55.4 Å². The number of aryl methyl sites for hydroxylation is 2. The number of carbonyl (C=O) groups is 1. The van der Waals surface area contributed by atoms with Crippen molar-refractivity contribution in [3.8, 4) is 5.75 Å². The first-order chi connectivity index (χ1) is 16.2. The van der Waals surface area contributed by atoms with E-state index in [1.165, 1.54) is 11.3 Å². The third kappa shape index (κ3) is 4.93. The summed E-state index contributed by atoms with van der Waals surface area (Å²) in [5.41, 5.74) is 9.12. The third-order valence-electron chi connectivity index (χ3n) is 6.80. The van der Waals surface area contributed by atoms with Crippen molar-refractivity contribution in [2.75, 3.05) is 49.5 Å². The van der Waals surface area contributed by atoms with Crippen LogP contribution in [0.4, 0.5) is 16.3 Å². The van der Waals surface area contributed by atoms with Crippen LogP contribution >= 0.6 is 0 Å². The fourth-order valence-electron chi connectivity index (χ4n) is 5.04. The van der Waals surface area contributed by atoms with E-state index in [0.717, 1.165) is 94.0 Å². The van der Waals surface area contributed by atoms with Crippen LogP contribution in [-0.2, 0) is 13.0 Å². The number of ether oxygens (including phenoxy) is 1. The number of para-hydroxylation sites is 1. The maximum absolute atomic E-state index is 11.4. The van der Waals surface area contributed by atoms with E-state index >= 15 is 0 Å². The Labute approximate surface area is 195 Å². The van der Waals surface area contributed by atoms with Gasteiger partial charge in [-0.15, -0.1) is 0 Å². The number of carbonyl (C=O) groups excluding carboxylic acids is 1. The van der Waals surface area contributed by atoms with Crippen LogP contribution in [0.25, 0.3) is 10.9 Å². The number of primary amides is 1. The number of amides is 2. The van der Waals surface area contributed by atoms with Gasteiger partial charge in [0.25, 0.3) is 0 Å². The highest BCUT2D eigenvalue weighted by atomic mass is 16.5. The molecule has 1 saturated heterocycles. The summed E-state index contributed by atoms with van der Waals surface area (Å²) in [6.45, 7) is 7.05. The molecule has 33 heavy (non-hydrogen) atoms. The van der Waals surface area contributed by atoms with Crippen molar-refractivity contribution in [3.05, 3.63) is 54.1 Å². The Morgan fingerprint density at radius 2 is 1.82 bits per heavy atom. The number of unbranched alkanes of at least 4 members (excludes halogenated alkanes) is 1. The molecule has 0 unspecified atom stereocenters. The second kappa shape index (κ2) is 9.75. The Morgan fingerprint density at radius 1 is 1.00 bits per heavy atom. The van der Waals surface area contributed by atoms with Crippen molar-refractivity contribution < 1.29 is 9.53 Å². The van der Waals surface area contributed by atoms with Gasteiger partial charge in [-0.1, -0.05) is 24.3 Å². The fourth-order valence-corrected chi connectivity index (χ4v) is 5.04. The zero-order valence-corrected chi connectivity index (χ0v) is 19.1. The lowest BCUT2D eigenvalue weighted by Crippen LogP contribution is -2.46. The van der Waals surface area contributed by atoms with Crippen molar-refractivity contribution in [2.45, 2.75) is 32.2 Å². The molecule has 2 aliphatic heterocycles. The number of nitrogens with two attached hydrogens (primary N) is 1. The lowest BCUT2D eigenvalue weighted by atomic mass is 10.1. The van der Waals surface area contributed by atoms with E-state index in [-0.39, 0.29) is 0 Å². The number of benzene rings is 2. The van der Waals surface area contributed by atoms with Crippen LogP contribution in [0.3, 0.4) is 0 Å². The molecule has 7 heteroatoms. The molecule has 2 amide bonds. The SMILES string of the molecule is NC(=O)Nc1cc2ccccc2n1CCCCN1CCN(c2ccc3c(c2)OCCC3)CC1. The Morgan fingerprint density at radius 3 is 2.67 bits per heavy atom. The molecule has 0 saturated carbocycles. The number of nitrogens with zero attached hydrogens (tertiary/aromatic N) is 3. The minimum Gasteiger partial charge on any atom is -0.493 e. The quantitative estimate of drug-likeness (QED) is 0.536. The highest BCUT2D eigenvalue weighted by molar-refractivity contribution is 5.92. The predicted molar refractivity (Wildman–Crippen MR) is 133 cm³/mol. The van der Waals surface area contributed by atoms with E-state index < -0.39 is 6.03 Å². The lowest BCUT2D eigenvalue weighted by molar-refractivity contribution is 0.251. The molecular formula is C26H33N5O2. The molecule has 5 rings (SSSR count). The van der Waals surface area contributed by atoms with Crippen LogP contribution in [0, 0.1) is 0 Å². The summed E-state index contributed by atoms with van der Waals surface area (Å²) >= 11 is 0. The van der Waals surface area contributed by atoms with E-state index in [4.69, 9.17) is 10.5 Å². The van der Waals surface area contributed by atoms with Crippen molar-refractivity contribution in [1.29, 1.82) is 0 Å². The average Bonchev–Trinajstić information content (AvgIpc) is 3.18. The molecule has 0 atom stereocenters. The number of hydrogen-bond donors (Lipinski definition) is 2. The number of fused-ring (bicyclic) bond motifs is 2. The van der Waals surface area contributed by atoms with Gasteiger partial charge >= 0.3 is 6.03 Å². The summed E-state index contributed by atoms with van der Waals surface area (Å²) < 4.78 is 8.02. The number of hydrogen-bond acceptors (Lipinski definition) is 4.